The molecule has 4 amide bonds. The zero-order valence-corrected chi connectivity index (χ0v) is 18.2. The molecule has 3 aliphatic heterocycles. The number of carbonyl (C=O) groups excluding carboxylic acids is 3. The minimum Gasteiger partial charge on any atom is -0.312 e. The van der Waals surface area contributed by atoms with Gasteiger partial charge in [0, 0.05) is 31.4 Å². The summed E-state index contributed by atoms with van der Waals surface area (Å²) in [5, 5.41) is 0. The van der Waals surface area contributed by atoms with Gasteiger partial charge in [-0.15, -0.1) is 0 Å². The summed E-state index contributed by atoms with van der Waals surface area (Å²) in [7, 11) is 0. The second-order valence-corrected chi connectivity index (χ2v) is 8.76. The molecule has 7 nitrogen and oxygen atoms in total. The lowest BCUT2D eigenvalue weighted by atomic mass is 10.0. The summed E-state index contributed by atoms with van der Waals surface area (Å²) in [6.07, 6.45) is 3.55. The number of hydrogen-bond acceptors (Lipinski definition) is 4. The fourth-order valence-electron chi connectivity index (χ4n) is 5.09. The number of amides is 4. The Labute approximate surface area is 188 Å². The molecule has 0 spiro atoms. The van der Waals surface area contributed by atoms with Crippen LogP contribution < -0.4 is 9.80 Å². The van der Waals surface area contributed by atoms with E-state index >= 15 is 0 Å². The van der Waals surface area contributed by atoms with Gasteiger partial charge < -0.3 is 9.80 Å². The smallest absolute Gasteiger partial charge is 0.312 e. The maximum atomic E-state index is 13.0. The number of benzene rings is 2. The van der Waals surface area contributed by atoms with E-state index in [9.17, 15) is 14.4 Å². The van der Waals surface area contributed by atoms with Gasteiger partial charge in [-0.25, -0.2) is 9.69 Å². The van der Waals surface area contributed by atoms with Crippen molar-refractivity contribution >= 4 is 29.2 Å². The van der Waals surface area contributed by atoms with E-state index in [0.29, 0.717) is 12.2 Å². The summed E-state index contributed by atoms with van der Waals surface area (Å²) in [6, 6.07) is 17.0. The van der Waals surface area contributed by atoms with Gasteiger partial charge in [0.05, 0.1) is 12.2 Å². The molecule has 2 fully saturated rings. The van der Waals surface area contributed by atoms with Crippen molar-refractivity contribution in [3.05, 3.63) is 60.2 Å². The Kier molecular flexibility index (Phi) is 5.66. The normalized spacial score (nSPS) is 20.1. The summed E-state index contributed by atoms with van der Waals surface area (Å²) < 4.78 is 0. The second-order valence-electron chi connectivity index (χ2n) is 8.76. The van der Waals surface area contributed by atoms with E-state index in [-0.39, 0.29) is 30.4 Å². The lowest BCUT2D eigenvalue weighted by molar-refractivity contribution is -0.120. The highest BCUT2D eigenvalue weighted by Crippen LogP contribution is 2.28. The van der Waals surface area contributed by atoms with Crippen LogP contribution in [-0.4, -0.2) is 66.4 Å². The van der Waals surface area contributed by atoms with Crippen LogP contribution in [0.1, 0.15) is 24.8 Å². The number of likely N-dealkylation sites (tertiary alicyclic amines) is 1. The minimum absolute atomic E-state index is 0.0298. The molecule has 5 rings (SSSR count). The van der Waals surface area contributed by atoms with Gasteiger partial charge in [-0.2, -0.15) is 0 Å². The average Bonchev–Trinajstić information content (AvgIpc) is 3.13. The molecular formula is C25H28N4O3. The topological polar surface area (TPSA) is 64.2 Å². The quantitative estimate of drug-likeness (QED) is 0.697. The number of imide groups is 1. The Balaban J connectivity index is 1.18. The van der Waals surface area contributed by atoms with Crippen LogP contribution in [0.25, 0.3) is 0 Å². The van der Waals surface area contributed by atoms with Crippen LogP contribution in [-0.2, 0) is 16.0 Å². The first-order valence-electron chi connectivity index (χ1n) is 11.4. The van der Waals surface area contributed by atoms with Crippen molar-refractivity contribution in [3.63, 3.8) is 0 Å². The molecule has 0 unspecified atom stereocenters. The number of para-hydroxylation sites is 2. The molecule has 166 valence electrons. The molecule has 2 saturated heterocycles. The van der Waals surface area contributed by atoms with Crippen LogP contribution in [0.15, 0.2) is 54.6 Å². The number of rotatable bonds is 4. The van der Waals surface area contributed by atoms with E-state index < -0.39 is 0 Å². The standard InChI is InChI=1S/C25H28N4O3/c30-23(27-14-6-8-19-7-4-5-11-22(19)27)17-26-15-12-20(13-16-26)28-18-24(31)29(25(28)32)21-9-2-1-3-10-21/h1-5,7,9-11,20H,6,8,12-18H2. The highest BCUT2D eigenvalue weighted by molar-refractivity contribution is 6.19. The van der Waals surface area contributed by atoms with Gasteiger partial charge in [0.25, 0.3) is 5.91 Å². The van der Waals surface area contributed by atoms with Gasteiger partial charge >= 0.3 is 6.03 Å². The number of aryl methyl sites for hydroxylation is 1. The van der Waals surface area contributed by atoms with Crippen molar-refractivity contribution in [2.24, 2.45) is 0 Å². The number of hydrogen-bond donors (Lipinski definition) is 0. The van der Waals surface area contributed by atoms with Crippen LogP contribution in [0, 0.1) is 0 Å². The van der Waals surface area contributed by atoms with Gasteiger partial charge in [0.2, 0.25) is 5.91 Å². The molecule has 0 radical (unpaired) electrons. The largest absolute Gasteiger partial charge is 0.332 e. The Morgan fingerprint density at radius 1 is 0.906 bits per heavy atom. The predicted molar refractivity (Wildman–Crippen MR) is 123 cm³/mol. The van der Waals surface area contributed by atoms with Crippen LogP contribution in [0.3, 0.4) is 0 Å². The van der Waals surface area contributed by atoms with Crippen molar-refractivity contribution in [1.82, 2.24) is 9.80 Å². The Hall–Kier alpha value is -3.19. The number of piperidine rings is 1. The van der Waals surface area contributed by atoms with Gasteiger partial charge in [-0.1, -0.05) is 36.4 Å². The van der Waals surface area contributed by atoms with Crippen molar-refractivity contribution in [2.75, 3.05) is 42.5 Å². The number of nitrogens with zero attached hydrogens (tertiary/aromatic N) is 4. The van der Waals surface area contributed by atoms with Gasteiger partial charge in [-0.3, -0.25) is 14.5 Å². The van der Waals surface area contributed by atoms with E-state index in [1.807, 2.05) is 41.3 Å². The maximum absolute atomic E-state index is 13.0. The third kappa shape index (κ3) is 3.88. The lowest BCUT2D eigenvalue weighted by Gasteiger charge is -2.37. The molecule has 32 heavy (non-hydrogen) atoms. The monoisotopic (exact) mass is 432 g/mol. The Bertz CT molecular complexity index is 1020. The molecule has 7 heteroatoms. The summed E-state index contributed by atoms with van der Waals surface area (Å²) in [5.74, 6) is -0.0409. The molecule has 0 bridgehead atoms. The molecule has 0 N–H and O–H groups in total. The highest BCUT2D eigenvalue weighted by Gasteiger charge is 2.41. The van der Waals surface area contributed by atoms with Gasteiger partial charge in [0.15, 0.2) is 0 Å². The minimum atomic E-state index is -0.236. The van der Waals surface area contributed by atoms with Crippen LogP contribution in [0.4, 0.5) is 16.2 Å². The lowest BCUT2D eigenvalue weighted by Crippen LogP contribution is -2.49. The molecule has 3 aliphatic rings. The molecule has 0 saturated carbocycles. The average molecular weight is 433 g/mol. The van der Waals surface area contributed by atoms with Crippen molar-refractivity contribution in [3.8, 4) is 0 Å². The Morgan fingerprint density at radius 2 is 1.62 bits per heavy atom. The zero-order valence-electron chi connectivity index (χ0n) is 18.2. The van der Waals surface area contributed by atoms with E-state index in [2.05, 4.69) is 11.0 Å². The first kappa shape index (κ1) is 20.7. The molecular weight excluding hydrogens is 404 g/mol. The first-order valence-corrected chi connectivity index (χ1v) is 11.4. The molecule has 0 aliphatic carbocycles. The number of urea groups is 1. The SMILES string of the molecule is O=C(CN1CCC(N2CC(=O)N(c3ccccc3)C2=O)CC1)N1CCCc2ccccc21. The molecule has 2 aromatic rings. The highest BCUT2D eigenvalue weighted by atomic mass is 16.2. The third-order valence-electron chi connectivity index (χ3n) is 6.77. The summed E-state index contributed by atoms with van der Waals surface area (Å²) in [4.78, 5) is 45.6. The second kappa shape index (κ2) is 8.74. The maximum Gasteiger partial charge on any atom is 0.332 e. The number of carbonyl (C=O) groups is 3. The summed E-state index contributed by atoms with van der Waals surface area (Å²) in [6.45, 7) is 2.78. The number of fused-ring (bicyclic) bond motifs is 1. The van der Waals surface area contributed by atoms with E-state index in [1.165, 1.54) is 10.5 Å². The van der Waals surface area contributed by atoms with Crippen molar-refractivity contribution in [2.45, 2.75) is 31.7 Å². The zero-order chi connectivity index (χ0) is 22.1. The number of anilines is 2. The fraction of sp³-hybridized carbons (Fsp3) is 0.400. The van der Waals surface area contributed by atoms with Crippen molar-refractivity contribution < 1.29 is 14.4 Å². The van der Waals surface area contributed by atoms with Crippen molar-refractivity contribution in [1.29, 1.82) is 0 Å². The third-order valence-corrected chi connectivity index (χ3v) is 6.77. The fourth-order valence-corrected chi connectivity index (χ4v) is 5.09. The van der Waals surface area contributed by atoms with E-state index in [4.69, 9.17) is 0 Å². The predicted octanol–water partition coefficient (Wildman–Crippen LogP) is 2.90. The molecule has 0 aromatic heterocycles. The summed E-state index contributed by atoms with van der Waals surface area (Å²) >= 11 is 0. The summed E-state index contributed by atoms with van der Waals surface area (Å²) in [5.41, 5.74) is 2.90. The van der Waals surface area contributed by atoms with Crippen LogP contribution >= 0.6 is 0 Å². The first-order chi connectivity index (χ1) is 15.6. The Morgan fingerprint density at radius 3 is 2.41 bits per heavy atom. The molecule has 3 heterocycles. The van der Waals surface area contributed by atoms with E-state index in [0.717, 1.165) is 51.0 Å². The molecule has 0 atom stereocenters. The van der Waals surface area contributed by atoms with Crippen LogP contribution in [0.2, 0.25) is 0 Å². The molecule has 2 aromatic carbocycles. The van der Waals surface area contributed by atoms with Gasteiger partial charge in [-0.05, 0) is 49.4 Å². The van der Waals surface area contributed by atoms with E-state index in [1.54, 1.807) is 17.0 Å². The van der Waals surface area contributed by atoms with Gasteiger partial charge in [0.1, 0.15) is 6.54 Å². The van der Waals surface area contributed by atoms with Crippen LogP contribution in [0.5, 0.6) is 0 Å².